The van der Waals surface area contributed by atoms with Crippen molar-refractivity contribution in [3.63, 3.8) is 0 Å². The molecule has 0 saturated carbocycles. The van der Waals surface area contributed by atoms with Gasteiger partial charge in [0.15, 0.2) is 0 Å². The Morgan fingerprint density at radius 2 is 0.569 bits per heavy atom. The smallest absolute Gasteiger partial charge is 1.00 e. The maximum absolute atomic E-state index is 5.33. The van der Waals surface area contributed by atoms with Gasteiger partial charge in [0.25, 0.3) is 0 Å². The summed E-state index contributed by atoms with van der Waals surface area (Å²) in [6.45, 7) is 29.6. The Labute approximate surface area is 403 Å². The molecular weight excluding hydrogens is 817 g/mol. The molecule has 0 spiro atoms. The summed E-state index contributed by atoms with van der Waals surface area (Å²) in [4.78, 5) is 0. The minimum absolute atomic E-state index is 0. The minimum Gasteiger partial charge on any atom is 1.00 e. The third kappa shape index (κ3) is 21.2. The van der Waals surface area contributed by atoms with Crippen LogP contribution in [0.1, 0.15) is 127 Å². The fourth-order valence-corrected chi connectivity index (χ4v) is 9.52. The van der Waals surface area contributed by atoms with Gasteiger partial charge in [-0.15, -0.1) is 0 Å². The van der Waals surface area contributed by atoms with Gasteiger partial charge in [-0.2, -0.15) is 0 Å². The Hall–Kier alpha value is -0.267. The molecule has 2 radical (unpaired) electrons. The van der Waals surface area contributed by atoms with Gasteiger partial charge in [-0.25, -0.2) is 0 Å². The normalized spacial score (nSPS) is 18.8. The van der Waals surface area contributed by atoms with E-state index in [1.54, 1.807) is 0 Å². The van der Waals surface area contributed by atoms with E-state index in [1.807, 2.05) is 0 Å². The zero-order valence-corrected chi connectivity index (χ0v) is 43.4. The molecule has 6 rings (SSSR count). The minimum atomic E-state index is -0.877. The first-order valence-electron chi connectivity index (χ1n) is 21.7. The monoisotopic (exact) mass is 892 g/mol. The zero-order chi connectivity index (χ0) is 41.1. The van der Waals surface area contributed by atoms with Crippen molar-refractivity contribution in [2.75, 3.05) is 113 Å². The van der Waals surface area contributed by atoms with Crippen LogP contribution in [0.25, 0.3) is 0 Å². The Morgan fingerprint density at radius 1 is 0.362 bits per heavy atom. The molecular formula is C46H76GaKN2O8. The molecule has 4 aliphatic heterocycles. The summed E-state index contributed by atoms with van der Waals surface area (Å²) < 4.78 is 47.1. The maximum atomic E-state index is 5.33. The maximum Gasteiger partial charge on any atom is 1.00 e. The Morgan fingerprint density at radius 3 is 0.741 bits per heavy atom. The molecule has 0 amide bonds. The van der Waals surface area contributed by atoms with Gasteiger partial charge in [-0.3, -0.25) is 0 Å². The van der Waals surface area contributed by atoms with E-state index in [4.69, 9.17) is 37.9 Å². The first-order chi connectivity index (χ1) is 27.7. The summed E-state index contributed by atoms with van der Waals surface area (Å²) in [5, 5.41) is 0. The van der Waals surface area contributed by atoms with Crippen molar-refractivity contribution in [2.24, 2.45) is 0 Å². The molecule has 0 unspecified atom stereocenters. The first kappa shape index (κ1) is 53.9. The zero-order valence-electron chi connectivity index (χ0n) is 37.8. The molecule has 2 aromatic rings. The number of benzene rings is 2. The van der Waals surface area contributed by atoms with Crippen LogP contribution in [0.5, 0.6) is 0 Å². The third-order valence-electron chi connectivity index (χ3n) is 9.72. The van der Waals surface area contributed by atoms with Crippen LogP contribution in [0, 0.1) is 0 Å². The predicted octanol–water partition coefficient (Wildman–Crippen LogP) is 6.21. The second kappa shape index (κ2) is 33.3. The standard InChI is InChI=1S/C26H36N2.C12H24O6.2C4H8O.Ga.K/c1-17(2)21-11-9-12-22(18(3)4)25(21)27-15-16-28-26-23(19(5)6)13-10-14-24(26)20(7)8;1-2-14-5-6-16-9-10-18-12-11-17-8-7-15-4-3-13-1;2*1-2-4-5-3-1;;/h9-20H,1-8H3;1-12H2;2*1-4H2;;/q-2;;;;2*+1. The van der Waals surface area contributed by atoms with Crippen LogP contribution in [0.2, 0.25) is 0 Å². The van der Waals surface area contributed by atoms with E-state index in [0.717, 1.165) is 26.4 Å². The van der Waals surface area contributed by atoms with E-state index in [2.05, 4.69) is 111 Å². The van der Waals surface area contributed by atoms with Crippen molar-refractivity contribution in [1.29, 1.82) is 0 Å². The number of rotatable bonds is 6. The van der Waals surface area contributed by atoms with E-state index >= 15 is 0 Å². The van der Waals surface area contributed by atoms with Gasteiger partial charge in [0, 0.05) is 26.4 Å². The van der Waals surface area contributed by atoms with E-state index in [0.29, 0.717) is 103 Å². The Bertz CT molecular complexity index is 1130. The number of para-hydroxylation sites is 2. The van der Waals surface area contributed by atoms with Crippen molar-refractivity contribution in [2.45, 2.75) is 105 Å². The van der Waals surface area contributed by atoms with Gasteiger partial charge in [0.05, 0.1) is 79.3 Å². The molecule has 12 heteroatoms. The van der Waals surface area contributed by atoms with Gasteiger partial charge < -0.3 is 37.9 Å². The van der Waals surface area contributed by atoms with Gasteiger partial charge in [-0.1, -0.05) is 0 Å². The van der Waals surface area contributed by atoms with Crippen LogP contribution in [0.3, 0.4) is 0 Å². The molecule has 2 aromatic carbocycles. The summed E-state index contributed by atoms with van der Waals surface area (Å²) in [7, 11) is 0. The van der Waals surface area contributed by atoms with E-state index in [1.165, 1.54) is 59.3 Å². The summed E-state index contributed by atoms with van der Waals surface area (Å²) in [5.74, 6) is 2.10. The van der Waals surface area contributed by atoms with Crippen molar-refractivity contribution in [3.8, 4) is 0 Å². The number of anilines is 2. The second-order valence-corrected chi connectivity index (χ2v) is 18.5. The molecule has 4 aliphatic rings. The Balaban J connectivity index is 0.000000336. The van der Waals surface area contributed by atoms with Crippen molar-refractivity contribution in [3.05, 3.63) is 71.1 Å². The second-order valence-electron chi connectivity index (χ2n) is 15.7. The van der Waals surface area contributed by atoms with Gasteiger partial charge in [0.1, 0.15) is 0 Å². The van der Waals surface area contributed by atoms with Crippen LogP contribution < -0.4 is 58.6 Å². The van der Waals surface area contributed by atoms with Crippen molar-refractivity contribution < 1.29 is 89.3 Å². The molecule has 0 bridgehead atoms. The van der Waals surface area contributed by atoms with Crippen molar-refractivity contribution >= 4 is 29.3 Å². The molecule has 0 aliphatic carbocycles. The molecule has 0 atom stereocenters. The topological polar surface area (TPSA) is 80.3 Å². The molecule has 0 N–H and O–H groups in total. The van der Waals surface area contributed by atoms with Crippen LogP contribution in [-0.2, 0) is 37.9 Å². The van der Waals surface area contributed by atoms with E-state index in [9.17, 15) is 0 Å². The molecule has 3 fully saturated rings. The summed E-state index contributed by atoms with van der Waals surface area (Å²) in [6, 6.07) is 13.8. The van der Waals surface area contributed by atoms with E-state index in [-0.39, 0.29) is 51.4 Å². The quantitative estimate of drug-likeness (QED) is 0.313. The molecule has 10 nitrogen and oxygen atoms in total. The van der Waals surface area contributed by atoms with Crippen LogP contribution in [0.15, 0.2) is 48.8 Å². The van der Waals surface area contributed by atoms with Gasteiger partial charge in [-0.05, 0) is 25.7 Å². The number of hydrogen-bond acceptors (Lipinski definition) is 10. The average molecular weight is 894 g/mol. The molecule has 4 heterocycles. The summed E-state index contributed by atoms with van der Waals surface area (Å²) in [5.41, 5.74) is 8.82. The largest absolute Gasteiger partial charge is 1.00 e. The fraction of sp³-hybridized carbons (Fsp3) is 0.696. The first-order valence-corrected chi connectivity index (χ1v) is 23.9. The predicted molar refractivity (Wildman–Crippen MR) is 234 cm³/mol. The molecule has 322 valence electrons. The van der Waals surface area contributed by atoms with Crippen LogP contribution >= 0.6 is 0 Å². The molecule has 58 heavy (non-hydrogen) atoms. The van der Waals surface area contributed by atoms with E-state index < -0.39 is 17.9 Å². The summed E-state index contributed by atoms with van der Waals surface area (Å²) in [6.07, 6.45) is 9.79. The number of ether oxygens (including phenoxy) is 8. The SMILES string of the molecule is C1CCOC1.C1CCOC1.C1COCCOCCOCCOCCOCCO1.CC(C)c1cccc(C(C)C)c1[N]1C=C[N](c2c(C(C)C)cccc2C(C)C)[Ga-]1.[K+]. The molecule has 0 aromatic heterocycles. The van der Waals surface area contributed by atoms with Crippen LogP contribution in [0.4, 0.5) is 11.4 Å². The Kier molecular flexibility index (Phi) is 30.9. The fourth-order valence-electron chi connectivity index (χ4n) is 6.58. The number of hydrogen-bond donors (Lipinski definition) is 0. The third-order valence-corrected chi connectivity index (χ3v) is 12.6. The molecule has 3 saturated heterocycles. The summed E-state index contributed by atoms with van der Waals surface area (Å²) >= 11 is -0.877. The average Bonchev–Trinajstić information content (AvgIpc) is 4.05. The van der Waals surface area contributed by atoms with Crippen LogP contribution in [-0.4, -0.2) is 124 Å². The van der Waals surface area contributed by atoms with Gasteiger partial charge in [0.2, 0.25) is 0 Å². The number of nitrogens with zero attached hydrogens (tertiary/aromatic N) is 2. The van der Waals surface area contributed by atoms with Crippen molar-refractivity contribution in [1.82, 2.24) is 0 Å². The van der Waals surface area contributed by atoms with Gasteiger partial charge >= 0.3 is 238 Å².